The maximum atomic E-state index is 12.5. The van der Waals surface area contributed by atoms with Crippen LogP contribution >= 0.6 is 0 Å². The summed E-state index contributed by atoms with van der Waals surface area (Å²) in [4.78, 5) is 37.4. The van der Waals surface area contributed by atoms with Crippen LogP contribution in [0.1, 0.15) is 18.4 Å². The molecule has 2 N–H and O–H groups in total. The van der Waals surface area contributed by atoms with Gasteiger partial charge in [-0.05, 0) is 18.4 Å². The molecule has 8 heteroatoms. The third-order valence-electron chi connectivity index (χ3n) is 3.65. The van der Waals surface area contributed by atoms with E-state index in [1.54, 1.807) is 24.3 Å². The number of aromatic nitrogens is 3. The minimum absolute atomic E-state index is 0.0301. The second-order valence-corrected chi connectivity index (χ2v) is 5.38. The standard InChI is InChI=1S/C16H21N3O5/c20-10-4-8-17-14(22)18(9-5-11-21)16(24)19(15(17)23)12-13-6-2-1-3-7-13/h1-3,6-7,20-21H,4-5,8-12H2. The Balaban J connectivity index is 2.57. The summed E-state index contributed by atoms with van der Waals surface area (Å²) in [5, 5.41) is 17.9. The van der Waals surface area contributed by atoms with Gasteiger partial charge in [0.25, 0.3) is 0 Å². The number of rotatable bonds is 8. The van der Waals surface area contributed by atoms with Gasteiger partial charge < -0.3 is 10.2 Å². The maximum absolute atomic E-state index is 12.5. The van der Waals surface area contributed by atoms with E-state index >= 15 is 0 Å². The molecule has 24 heavy (non-hydrogen) atoms. The highest BCUT2D eigenvalue weighted by Crippen LogP contribution is 1.98. The van der Waals surface area contributed by atoms with Gasteiger partial charge in [0.2, 0.25) is 0 Å². The van der Waals surface area contributed by atoms with E-state index in [0.29, 0.717) is 0 Å². The summed E-state index contributed by atoms with van der Waals surface area (Å²) >= 11 is 0. The Hall–Kier alpha value is -2.45. The molecule has 0 atom stereocenters. The molecule has 1 aromatic heterocycles. The van der Waals surface area contributed by atoms with Gasteiger partial charge in [-0.1, -0.05) is 30.3 Å². The van der Waals surface area contributed by atoms with Crippen molar-refractivity contribution in [2.75, 3.05) is 13.2 Å². The van der Waals surface area contributed by atoms with Gasteiger partial charge in [0.05, 0.1) is 6.54 Å². The minimum Gasteiger partial charge on any atom is -0.396 e. The lowest BCUT2D eigenvalue weighted by atomic mass is 10.2. The number of nitrogens with zero attached hydrogens (tertiary/aromatic N) is 3. The van der Waals surface area contributed by atoms with Crippen LogP contribution in [-0.4, -0.2) is 37.1 Å². The molecule has 0 amide bonds. The summed E-state index contributed by atoms with van der Waals surface area (Å²) in [6, 6.07) is 8.99. The van der Waals surface area contributed by atoms with Crippen molar-refractivity contribution in [1.29, 1.82) is 0 Å². The van der Waals surface area contributed by atoms with E-state index in [2.05, 4.69) is 0 Å². The van der Waals surface area contributed by atoms with E-state index in [1.165, 1.54) is 0 Å². The molecule has 8 nitrogen and oxygen atoms in total. The molecule has 0 saturated carbocycles. The molecule has 2 rings (SSSR count). The Morgan fingerprint density at radius 1 is 0.708 bits per heavy atom. The van der Waals surface area contributed by atoms with Crippen molar-refractivity contribution in [2.45, 2.75) is 32.5 Å². The maximum Gasteiger partial charge on any atom is 0.336 e. The average molecular weight is 335 g/mol. The van der Waals surface area contributed by atoms with Crippen molar-refractivity contribution in [3.63, 3.8) is 0 Å². The van der Waals surface area contributed by atoms with E-state index in [9.17, 15) is 14.4 Å². The van der Waals surface area contributed by atoms with Crippen LogP contribution in [0.3, 0.4) is 0 Å². The zero-order valence-electron chi connectivity index (χ0n) is 13.3. The third kappa shape index (κ3) is 3.90. The van der Waals surface area contributed by atoms with Crippen molar-refractivity contribution in [3.8, 4) is 0 Å². The summed E-state index contributed by atoms with van der Waals surface area (Å²) in [6.45, 7) is -0.220. The second kappa shape index (κ2) is 8.42. The van der Waals surface area contributed by atoms with Crippen molar-refractivity contribution in [2.24, 2.45) is 0 Å². The highest BCUT2D eigenvalue weighted by molar-refractivity contribution is 5.14. The van der Waals surface area contributed by atoms with Gasteiger partial charge in [0, 0.05) is 26.3 Å². The summed E-state index contributed by atoms with van der Waals surface area (Å²) < 4.78 is 2.92. The van der Waals surface area contributed by atoms with E-state index in [1.807, 2.05) is 6.07 Å². The van der Waals surface area contributed by atoms with Gasteiger partial charge in [-0.25, -0.2) is 28.1 Å². The highest BCUT2D eigenvalue weighted by Gasteiger charge is 2.15. The molecule has 2 aromatic rings. The zero-order valence-corrected chi connectivity index (χ0v) is 13.3. The van der Waals surface area contributed by atoms with Crippen LogP contribution in [-0.2, 0) is 19.6 Å². The minimum atomic E-state index is -0.712. The Morgan fingerprint density at radius 3 is 1.62 bits per heavy atom. The lowest BCUT2D eigenvalue weighted by Gasteiger charge is -2.13. The van der Waals surface area contributed by atoms with E-state index in [0.717, 1.165) is 19.3 Å². The SMILES string of the molecule is O=c1n(CCCO)c(=O)n(Cc2ccccc2)c(=O)n1CCCO. The van der Waals surface area contributed by atoms with Gasteiger partial charge in [-0.15, -0.1) is 0 Å². The predicted octanol–water partition coefficient (Wildman–Crippen LogP) is -1.02. The fourth-order valence-corrected chi connectivity index (χ4v) is 2.42. The van der Waals surface area contributed by atoms with Crippen LogP contribution in [0.4, 0.5) is 0 Å². The average Bonchev–Trinajstić information content (AvgIpc) is 2.59. The molecule has 0 aliphatic rings. The molecule has 0 aliphatic carbocycles. The molecular weight excluding hydrogens is 314 g/mol. The van der Waals surface area contributed by atoms with Gasteiger partial charge in [0.1, 0.15) is 0 Å². The summed E-state index contributed by atoms with van der Waals surface area (Å²) in [6.07, 6.45) is 0.470. The Labute approximate surface area is 137 Å². The van der Waals surface area contributed by atoms with Gasteiger partial charge in [-0.3, -0.25) is 0 Å². The Bertz CT molecular complexity index is 789. The molecule has 0 bridgehead atoms. The number of aliphatic hydroxyl groups is 2. The first-order valence-electron chi connectivity index (χ1n) is 7.80. The van der Waals surface area contributed by atoms with Crippen molar-refractivity contribution < 1.29 is 10.2 Å². The number of aliphatic hydroxyl groups excluding tert-OH is 2. The molecule has 0 radical (unpaired) electrons. The molecule has 0 aliphatic heterocycles. The zero-order chi connectivity index (χ0) is 17.5. The third-order valence-corrected chi connectivity index (χ3v) is 3.65. The van der Waals surface area contributed by atoms with Gasteiger partial charge >= 0.3 is 17.1 Å². The largest absolute Gasteiger partial charge is 0.396 e. The fourth-order valence-electron chi connectivity index (χ4n) is 2.42. The van der Waals surface area contributed by atoms with Crippen LogP contribution in [0.15, 0.2) is 44.7 Å². The summed E-state index contributed by atoms with van der Waals surface area (Å²) in [5.41, 5.74) is -1.33. The second-order valence-electron chi connectivity index (χ2n) is 5.38. The van der Waals surface area contributed by atoms with Gasteiger partial charge in [-0.2, -0.15) is 0 Å². The lowest BCUT2D eigenvalue weighted by Crippen LogP contribution is -2.54. The number of hydrogen-bond donors (Lipinski definition) is 2. The number of benzene rings is 1. The molecule has 0 spiro atoms. The van der Waals surface area contributed by atoms with Crippen molar-refractivity contribution >= 4 is 0 Å². The molecular formula is C16H21N3O5. The molecule has 0 fully saturated rings. The number of hydrogen-bond acceptors (Lipinski definition) is 5. The van der Waals surface area contributed by atoms with Crippen molar-refractivity contribution in [1.82, 2.24) is 13.7 Å². The normalized spacial score (nSPS) is 10.9. The molecule has 1 heterocycles. The van der Waals surface area contributed by atoms with Crippen LogP contribution in [0.2, 0.25) is 0 Å². The predicted molar refractivity (Wildman–Crippen MR) is 88.2 cm³/mol. The van der Waals surface area contributed by atoms with Crippen LogP contribution in [0.5, 0.6) is 0 Å². The lowest BCUT2D eigenvalue weighted by molar-refractivity contribution is 0.268. The molecule has 0 unspecified atom stereocenters. The first kappa shape index (κ1) is 17.9. The van der Waals surface area contributed by atoms with Gasteiger partial charge in [0.15, 0.2) is 0 Å². The van der Waals surface area contributed by atoms with E-state index in [-0.39, 0.29) is 45.7 Å². The smallest absolute Gasteiger partial charge is 0.336 e. The highest BCUT2D eigenvalue weighted by atomic mass is 16.3. The van der Waals surface area contributed by atoms with Crippen LogP contribution < -0.4 is 17.1 Å². The van der Waals surface area contributed by atoms with Crippen molar-refractivity contribution in [3.05, 3.63) is 67.3 Å². The first-order valence-corrected chi connectivity index (χ1v) is 7.80. The Morgan fingerprint density at radius 2 is 1.17 bits per heavy atom. The quantitative estimate of drug-likeness (QED) is 0.642. The van der Waals surface area contributed by atoms with Crippen LogP contribution in [0.25, 0.3) is 0 Å². The molecule has 1 aromatic carbocycles. The topological polar surface area (TPSA) is 106 Å². The fraction of sp³-hybridized carbons (Fsp3) is 0.438. The first-order chi connectivity index (χ1) is 11.6. The van der Waals surface area contributed by atoms with Crippen LogP contribution in [0, 0.1) is 0 Å². The molecule has 130 valence electrons. The monoisotopic (exact) mass is 335 g/mol. The summed E-state index contributed by atoms with van der Waals surface area (Å²) in [7, 11) is 0. The summed E-state index contributed by atoms with van der Waals surface area (Å²) in [5.74, 6) is 0. The van der Waals surface area contributed by atoms with E-state index < -0.39 is 17.1 Å². The Kier molecular flexibility index (Phi) is 6.28. The van der Waals surface area contributed by atoms with E-state index in [4.69, 9.17) is 10.2 Å². The molecule has 0 saturated heterocycles.